The zero-order chi connectivity index (χ0) is 20.6. The summed E-state index contributed by atoms with van der Waals surface area (Å²) in [5.41, 5.74) is 9.65. The molecule has 1 N–H and O–H groups in total. The van der Waals surface area contributed by atoms with Crippen molar-refractivity contribution in [2.75, 3.05) is 11.9 Å². The number of anilines is 1. The Morgan fingerprint density at radius 1 is 1.18 bits per heavy atom. The van der Waals surface area contributed by atoms with Crippen molar-refractivity contribution >= 4 is 35.0 Å². The van der Waals surface area contributed by atoms with E-state index in [0.29, 0.717) is 10.6 Å². The molecule has 2 aromatic rings. The third kappa shape index (κ3) is 3.83. The highest BCUT2D eigenvalue weighted by atomic mass is 35.5. The zero-order valence-corrected chi connectivity index (χ0v) is 18.0. The maximum atomic E-state index is 12.3. The largest absolute Gasteiger partial charge is 0.365 e. The number of allylic oxidation sites excluding steroid dienone is 1. The Kier molecular flexibility index (Phi) is 5.35. The number of likely N-dealkylation sites (N-methyl/N-ethyl adjacent to an activating group) is 1. The molecule has 28 heavy (non-hydrogen) atoms. The number of benzene rings is 2. The van der Waals surface area contributed by atoms with Gasteiger partial charge in [0.15, 0.2) is 0 Å². The van der Waals surface area contributed by atoms with E-state index in [1.54, 1.807) is 18.3 Å². The van der Waals surface area contributed by atoms with Gasteiger partial charge < -0.3 is 4.90 Å². The van der Waals surface area contributed by atoms with E-state index < -0.39 is 0 Å². The Balaban J connectivity index is 1.84. The van der Waals surface area contributed by atoms with Gasteiger partial charge in [0.25, 0.3) is 5.91 Å². The highest BCUT2D eigenvalue weighted by molar-refractivity contribution is 6.33. The van der Waals surface area contributed by atoms with Crippen molar-refractivity contribution in [3.8, 4) is 0 Å². The van der Waals surface area contributed by atoms with Crippen LogP contribution in [0.5, 0.6) is 0 Å². The predicted molar refractivity (Wildman–Crippen MR) is 119 cm³/mol. The molecule has 0 spiro atoms. The maximum absolute atomic E-state index is 12.3. The van der Waals surface area contributed by atoms with Crippen molar-refractivity contribution in [1.82, 2.24) is 5.43 Å². The summed E-state index contributed by atoms with van der Waals surface area (Å²) in [5, 5.41) is 4.57. The highest BCUT2D eigenvalue weighted by Gasteiger charge is 2.28. The minimum atomic E-state index is -0.325. The van der Waals surface area contributed by atoms with Crippen molar-refractivity contribution in [2.24, 2.45) is 5.10 Å². The van der Waals surface area contributed by atoms with Gasteiger partial charge in [-0.1, -0.05) is 23.7 Å². The molecule has 1 amide bonds. The number of carbonyl (C=O) groups is 1. The van der Waals surface area contributed by atoms with Crippen LogP contribution in [-0.4, -0.2) is 24.7 Å². The summed E-state index contributed by atoms with van der Waals surface area (Å²) >= 11 is 6.15. The lowest BCUT2D eigenvalue weighted by Crippen LogP contribution is -2.42. The molecule has 0 unspecified atom stereocenters. The summed E-state index contributed by atoms with van der Waals surface area (Å²) < 4.78 is 0. The summed E-state index contributed by atoms with van der Waals surface area (Å²) in [6, 6.07) is 9.62. The van der Waals surface area contributed by atoms with Crippen molar-refractivity contribution in [3.63, 3.8) is 0 Å². The number of hydrogen-bond acceptors (Lipinski definition) is 3. The van der Waals surface area contributed by atoms with Gasteiger partial charge in [-0.15, -0.1) is 0 Å². The van der Waals surface area contributed by atoms with Crippen molar-refractivity contribution in [1.29, 1.82) is 0 Å². The number of rotatable bonds is 3. The number of hydrogen-bond donors (Lipinski definition) is 1. The van der Waals surface area contributed by atoms with Crippen molar-refractivity contribution in [3.05, 3.63) is 69.2 Å². The second-order valence-corrected chi connectivity index (χ2v) is 8.36. The van der Waals surface area contributed by atoms with Gasteiger partial charge in [0.2, 0.25) is 0 Å². The molecule has 0 aromatic heterocycles. The molecule has 0 radical (unpaired) electrons. The molecule has 0 saturated heterocycles. The number of halogens is 1. The molecule has 0 atom stereocenters. The Hall–Kier alpha value is -2.59. The summed E-state index contributed by atoms with van der Waals surface area (Å²) in [5.74, 6) is -0.325. The van der Waals surface area contributed by atoms with Gasteiger partial charge in [0, 0.05) is 18.3 Å². The monoisotopic (exact) mass is 395 g/mol. The predicted octanol–water partition coefficient (Wildman–Crippen LogP) is 5.35. The molecule has 0 fully saturated rings. The van der Waals surface area contributed by atoms with E-state index in [2.05, 4.69) is 68.4 Å². The summed E-state index contributed by atoms with van der Waals surface area (Å²) in [4.78, 5) is 14.6. The van der Waals surface area contributed by atoms with Crippen LogP contribution >= 0.6 is 11.6 Å². The van der Waals surface area contributed by atoms with Crippen LogP contribution in [-0.2, 0) is 0 Å². The van der Waals surface area contributed by atoms with Crippen LogP contribution in [0.1, 0.15) is 53.4 Å². The van der Waals surface area contributed by atoms with Crippen molar-refractivity contribution < 1.29 is 4.79 Å². The SMILES string of the molecule is CC1=CC(C)(C)N(C)c2cc(C)c(/C=N/NC(=O)c3ccc(C)cc3Cl)cc21. The normalized spacial score (nSPS) is 15.4. The molecule has 146 valence electrons. The summed E-state index contributed by atoms with van der Waals surface area (Å²) in [6.07, 6.45) is 3.95. The van der Waals surface area contributed by atoms with Gasteiger partial charge in [-0.2, -0.15) is 5.10 Å². The second-order valence-electron chi connectivity index (χ2n) is 7.95. The number of aryl methyl sites for hydroxylation is 2. The second kappa shape index (κ2) is 7.44. The number of carbonyl (C=O) groups excluding carboxylic acids is 1. The highest BCUT2D eigenvalue weighted by Crippen LogP contribution is 2.38. The van der Waals surface area contributed by atoms with E-state index in [9.17, 15) is 4.79 Å². The lowest BCUT2D eigenvalue weighted by Gasteiger charge is -2.41. The van der Waals surface area contributed by atoms with Crippen LogP contribution in [0.15, 0.2) is 41.5 Å². The fourth-order valence-electron chi connectivity index (χ4n) is 3.48. The Bertz CT molecular complexity index is 1010. The fourth-order valence-corrected chi connectivity index (χ4v) is 3.80. The number of fused-ring (bicyclic) bond motifs is 1. The Morgan fingerprint density at radius 2 is 1.89 bits per heavy atom. The van der Waals surface area contributed by atoms with Gasteiger partial charge in [-0.25, -0.2) is 5.43 Å². The van der Waals surface area contributed by atoms with E-state index >= 15 is 0 Å². The third-order valence-electron chi connectivity index (χ3n) is 5.34. The number of amides is 1. The minimum Gasteiger partial charge on any atom is -0.365 e. The Labute approximate surface area is 171 Å². The van der Waals surface area contributed by atoms with Crippen LogP contribution < -0.4 is 10.3 Å². The van der Waals surface area contributed by atoms with Gasteiger partial charge in [0.1, 0.15) is 0 Å². The molecular weight excluding hydrogens is 370 g/mol. The van der Waals surface area contributed by atoms with Gasteiger partial charge in [-0.3, -0.25) is 4.79 Å². The van der Waals surface area contributed by atoms with E-state index in [-0.39, 0.29) is 11.4 Å². The minimum absolute atomic E-state index is 0.0274. The average Bonchev–Trinajstić information content (AvgIpc) is 2.60. The van der Waals surface area contributed by atoms with Gasteiger partial charge in [-0.05, 0) is 81.1 Å². The molecule has 4 nitrogen and oxygen atoms in total. The van der Waals surface area contributed by atoms with Crippen LogP contribution in [0.2, 0.25) is 5.02 Å². The maximum Gasteiger partial charge on any atom is 0.272 e. The van der Waals surface area contributed by atoms with Crippen LogP contribution in [0.4, 0.5) is 5.69 Å². The summed E-state index contributed by atoms with van der Waals surface area (Å²) in [7, 11) is 2.11. The van der Waals surface area contributed by atoms with Gasteiger partial charge >= 0.3 is 0 Å². The fraction of sp³-hybridized carbons (Fsp3) is 0.304. The molecule has 1 aliphatic heterocycles. The molecule has 0 bridgehead atoms. The lowest BCUT2D eigenvalue weighted by atomic mass is 9.87. The topological polar surface area (TPSA) is 44.7 Å². The molecule has 3 rings (SSSR count). The molecular formula is C23H26ClN3O. The first kappa shape index (κ1) is 20.2. The smallest absolute Gasteiger partial charge is 0.272 e. The molecule has 1 heterocycles. The van der Waals surface area contributed by atoms with E-state index in [4.69, 9.17) is 11.6 Å². The third-order valence-corrected chi connectivity index (χ3v) is 5.66. The number of hydrazone groups is 1. The zero-order valence-electron chi connectivity index (χ0n) is 17.2. The first-order chi connectivity index (χ1) is 13.1. The molecule has 2 aromatic carbocycles. The number of nitrogens with zero attached hydrogens (tertiary/aromatic N) is 2. The van der Waals surface area contributed by atoms with Crippen molar-refractivity contribution in [2.45, 2.75) is 40.2 Å². The standard InChI is InChI=1S/C23H26ClN3O/c1-14-7-8-18(20(24)9-14)22(28)26-25-13-17-11-19-16(3)12-23(4,5)27(6)21(19)10-15(17)2/h7-13H,1-6H3,(H,26,28)/b25-13+. The number of nitrogens with one attached hydrogen (secondary N) is 1. The van der Waals surface area contributed by atoms with E-state index in [1.165, 1.54) is 16.8 Å². The van der Waals surface area contributed by atoms with Crippen LogP contribution in [0.3, 0.4) is 0 Å². The molecule has 1 aliphatic rings. The van der Waals surface area contributed by atoms with Gasteiger partial charge in [0.05, 0.1) is 22.3 Å². The Morgan fingerprint density at radius 3 is 2.57 bits per heavy atom. The van der Waals surface area contributed by atoms with Crippen LogP contribution in [0, 0.1) is 13.8 Å². The van der Waals surface area contributed by atoms with E-state index in [0.717, 1.165) is 16.7 Å². The first-order valence-corrected chi connectivity index (χ1v) is 9.66. The van der Waals surface area contributed by atoms with Crippen LogP contribution in [0.25, 0.3) is 5.57 Å². The first-order valence-electron chi connectivity index (χ1n) is 9.28. The van der Waals surface area contributed by atoms with E-state index in [1.807, 2.05) is 13.0 Å². The summed E-state index contributed by atoms with van der Waals surface area (Å²) in [6.45, 7) is 10.5. The quantitative estimate of drug-likeness (QED) is 0.562. The lowest BCUT2D eigenvalue weighted by molar-refractivity contribution is 0.0955. The molecule has 0 aliphatic carbocycles. The molecule has 0 saturated carbocycles. The average molecular weight is 396 g/mol. The molecule has 5 heteroatoms.